The van der Waals surface area contributed by atoms with E-state index in [1.807, 2.05) is 12.2 Å². The summed E-state index contributed by atoms with van der Waals surface area (Å²) in [4.78, 5) is 4.18. The van der Waals surface area contributed by atoms with E-state index in [-0.39, 0.29) is 12.6 Å². The average Bonchev–Trinajstić information content (AvgIpc) is 3.52. The molecule has 2 aromatic carbocycles. The zero-order valence-electron chi connectivity index (χ0n) is 19.0. The maximum absolute atomic E-state index is 9.88. The summed E-state index contributed by atoms with van der Waals surface area (Å²) < 4.78 is 7.12. The van der Waals surface area contributed by atoms with Crippen molar-refractivity contribution in [3.8, 4) is 11.1 Å². The van der Waals surface area contributed by atoms with E-state index in [4.69, 9.17) is 4.42 Å². The summed E-state index contributed by atoms with van der Waals surface area (Å²) in [6.07, 6.45) is 10.1. The van der Waals surface area contributed by atoms with Crippen LogP contribution in [-0.4, -0.2) is 36.6 Å². The first-order valence-electron chi connectivity index (χ1n) is 11.6. The van der Waals surface area contributed by atoms with Gasteiger partial charge in [0.2, 0.25) is 12.3 Å². The highest BCUT2D eigenvalue weighted by Crippen LogP contribution is 2.47. The van der Waals surface area contributed by atoms with Crippen molar-refractivity contribution in [3.63, 3.8) is 0 Å². The topological polar surface area (TPSA) is 97.2 Å². The maximum atomic E-state index is 9.88. The number of nitrogens with zero attached hydrogens (tertiary/aromatic N) is 4. The second-order valence-corrected chi connectivity index (χ2v) is 8.86. The minimum Gasteiger partial charge on any atom is -0.428 e. The number of rotatable bonds is 8. The van der Waals surface area contributed by atoms with Crippen LogP contribution in [0.25, 0.3) is 17.2 Å². The van der Waals surface area contributed by atoms with Crippen LogP contribution in [0.5, 0.6) is 0 Å². The monoisotopic (exact) mass is 456 g/mol. The van der Waals surface area contributed by atoms with Crippen LogP contribution in [0.2, 0.25) is 0 Å². The van der Waals surface area contributed by atoms with Crippen LogP contribution in [0.4, 0.5) is 0 Å². The third-order valence-corrected chi connectivity index (χ3v) is 6.62. The maximum Gasteiger partial charge on any atom is 0.219 e. The van der Waals surface area contributed by atoms with E-state index in [1.54, 1.807) is 23.9 Å². The fourth-order valence-electron chi connectivity index (χ4n) is 4.58. The number of aliphatic hydroxyl groups is 2. The molecule has 0 amide bonds. The SMILES string of the molecule is C[C@H](O)c1nccn1[C@@H](/C=C/c1ccc(-c2ccc(C3CC(c4nnco4)C3)cc2)cc1)CO. The lowest BCUT2D eigenvalue weighted by atomic mass is 9.71. The Kier molecular flexibility index (Phi) is 6.38. The zero-order chi connectivity index (χ0) is 23.5. The van der Waals surface area contributed by atoms with Gasteiger partial charge in [-0.05, 0) is 47.9 Å². The van der Waals surface area contributed by atoms with Crippen LogP contribution >= 0.6 is 0 Å². The molecule has 0 bridgehead atoms. The molecule has 2 heterocycles. The fourth-order valence-corrected chi connectivity index (χ4v) is 4.58. The van der Waals surface area contributed by atoms with Gasteiger partial charge in [0.15, 0.2) is 0 Å². The first kappa shape index (κ1) is 22.3. The molecular formula is C27H28N4O3. The van der Waals surface area contributed by atoms with Crippen LogP contribution in [0.15, 0.2) is 77.8 Å². The van der Waals surface area contributed by atoms with E-state index in [2.05, 4.69) is 63.7 Å². The Labute approximate surface area is 198 Å². The Morgan fingerprint density at radius 2 is 1.76 bits per heavy atom. The molecule has 0 aliphatic heterocycles. The standard InChI is InChI=1S/C27H28N4O3/c1-18(33)26-28-12-13-31(26)25(16-32)11-4-19-2-5-20(6-3-19)21-7-9-22(10-8-21)23-14-24(15-23)27-30-29-17-34-27/h2-13,17-18,23-25,32-33H,14-16H2,1H3/b11-4+/t18-,23?,24?,25-/m0/s1. The number of aliphatic hydroxyl groups excluding tert-OH is 2. The van der Waals surface area contributed by atoms with Crippen LogP contribution in [-0.2, 0) is 0 Å². The highest BCUT2D eigenvalue weighted by atomic mass is 16.4. The molecule has 4 aromatic rings. The fraction of sp³-hybridized carbons (Fsp3) is 0.296. The largest absolute Gasteiger partial charge is 0.428 e. The molecule has 2 aromatic heterocycles. The molecule has 7 nitrogen and oxygen atoms in total. The third kappa shape index (κ3) is 4.58. The molecule has 1 aliphatic rings. The normalized spacial score (nSPS) is 19.7. The van der Waals surface area contributed by atoms with Crippen molar-refractivity contribution in [2.75, 3.05) is 6.61 Å². The van der Waals surface area contributed by atoms with Gasteiger partial charge in [0.05, 0.1) is 12.6 Å². The molecule has 34 heavy (non-hydrogen) atoms. The molecule has 0 radical (unpaired) electrons. The Morgan fingerprint density at radius 3 is 2.38 bits per heavy atom. The van der Waals surface area contributed by atoms with Gasteiger partial charge in [-0.2, -0.15) is 0 Å². The summed E-state index contributed by atoms with van der Waals surface area (Å²) in [5.41, 5.74) is 4.73. The quantitative estimate of drug-likeness (QED) is 0.392. The Balaban J connectivity index is 1.22. The highest BCUT2D eigenvalue weighted by molar-refractivity contribution is 5.66. The number of hydrogen-bond acceptors (Lipinski definition) is 6. The van der Waals surface area contributed by atoms with Gasteiger partial charge < -0.3 is 19.2 Å². The first-order valence-corrected chi connectivity index (χ1v) is 11.6. The Bertz CT molecular complexity index is 1220. The van der Waals surface area contributed by atoms with Gasteiger partial charge in [0, 0.05) is 18.3 Å². The predicted molar refractivity (Wildman–Crippen MR) is 129 cm³/mol. The minimum absolute atomic E-state index is 0.0757. The highest BCUT2D eigenvalue weighted by Gasteiger charge is 2.34. The molecule has 0 spiro atoms. The van der Waals surface area contributed by atoms with E-state index in [0.29, 0.717) is 17.7 Å². The lowest BCUT2D eigenvalue weighted by molar-refractivity contribution is 0.175. The molecule has 1 aliphatic carbocycles. The molecule has 7 heteroatoms. The summed E-state index contributed by atoms with van der Waals surface area (Å²) in [7, 11) is 0. The summed E-state index contributed by atoms with van der Waals surface area (Å²) in [6, 6.07) is 16.9. The van der Waals surface area contributed by atoms with E-state index in [1.165, 1.54) is 17.5 Å². The number of aromatic nitrogens is 4. The van der Waals surface area contributed by atoms with Crippen molar-refractivity contribution in [2.45, 2.75) is 43.7 Å². The van der Waals surface area contributed by atoms with Crippen LogP contribution in [0, 0.1) is 0 Å². The molecule has 0 saturated heterocycles. The van der Waals surface area contributed by atoms with E-state index < -0.39 is 6.10 Å². The van der Waals surface area contributed by atoms with E-state index in [9.17, 15) is 10.2 Å². The molecule has 1 fully saturated rings. The number of benzene rings is 2. The molecule has 0 unspecified atom stereocenters. The van der Waals surface area contributed by atoms with E-state index in [0.717, 1.165) is 29.9 Å². The van der Waals surface area contributed by atoms with Gasteiger partial charge in [0.1, 0.15) is 11.9 Å². The van der Waals surface area contributed by atoms with Crippen molar-refractivity contribution >= 4 is 6.08 Å². The van der Waals surface area contributed by atoms with Crippen molar-refractivity contribution < 1.29 is 14.6 Å². The van der Waals surface area contributed by atoms with Gasteiger partial charge in [-0.1, -0.05) is 60.7 Å². The molecule has 2 N–H and O–H groups in total. The molecule has 2 atom stereocenters. The van der Waals surface area contributed by atoms with Crippen molar-refractivity contribution in [1.29, 1.82) is 0 Å². The molecule has 5 rings (SSSR count). The van der Waals surface area contributed by atoms with Crippen molar-refractivity contribution in [3.05, 3.63) is 96.2 Å². The smallest absolute Gasteiger partial charge is 0.219 e. The summed E-state index contributed by atoms with van der Waals surface area (Å²) in [5.74, 6) is 2.21. The third-order valence-electron chi connectivity index (χ3n) is 6.62. The lowest BCUT2D eigenvalue weighted by Crippen LogP contribution is -2.20. The lowest BCUT2D eigenvalue weighted by Gasteiger charge is -2.33. The van der Waals surface area contributed by atoms with Crippen LogP contribution in [0.1, 0.15) is 66.6 Å². The second-order valence-electron chi connectivity index (χ2n) is 8.86. The average molecular weight is 457 g/mol. The summed E-state index contributed by atoms with van der Waals surface area (Å²) >= 11 is 0. The van der Waals surface area contributed by atoms with Gasteiger partial charge in [-0.25, -0.2) is 4.98 Å². The second kappa shape index (κ2) is 9.75. The van der Waals surface area contributed by atoms with Crippen LogP contribution in [0.3, 0.4) is 0 Å². The molecule has 1 saturated carbocycles. The minimum atomic E-state index is -0.695. The van der Waals surface area contributed by atoms with Crippen LogP contribution < -0.4 is 0 Å². The van der Waals surface area contributed by atoms with Gasteiger partial charge >= 0.3 is 0 Å². The van der Waals surface area contributed by atoms with Gasteiger partial charge in [0.25, 0.3) is 0 Å². The van der Waals surface area contributed by atoms with Crippen molar-refractivity contribution in [2.24, 2.45) is 0 Å². The van der Waals surface area contributed by atoms with Crippen molar-refractivity contribution in [1.82, 2.24) is 19.7 Å². The van der Waals surface area contributed by atoms with Gasteiger partial charge in [-0.15, -0.1) is 10.2 Å². The van der Waals surface area contributed by atoms with Gasteiger partial charge in [-0.3, -0.25) is 0 Å². The molecule has 174 valence electrons. The predicted octanol–water partition coefficient (Wildman–Crippen LogP) is 4.89. The number of hydrogen-bond donors (Lipinski definition) is 2. The molecular weight excluding hydrogens is 428 g/mol. The van der Waals surface area contributed by atoms with E-state index >= 15 is 0 Å². The Morgan fingerprint density at radius 1 is 1.06 bits per heavy atom. The summed E-state index contributed by atoms with van der Waals surface area (Å²) in [6.45, 7) is 1.59. The zero-order valence-corrected chi connectivity index (χ0v) is 19.0. The summed E-state index contributed by atoms with van der Waals surface area (Å²) in [5, 5.41) is 27.5. The number of imidazole rings is 1. The first-order chi connectivity index (χ1) is 16.6. The Hall–Kier alpha value is -3.55.